The minimum Gasteiger partial charge on any atom is -0.307 e. The summed E-state index contributed by atoms with van der Waals surface area (Å²) < 4.78 is 4.62. The van der Waals surface area contributed by atoms with Gasteiger partial charge in [0.2, 0.25) is 0 Å². The van der Waals surface area contributed by atoms with Crippen molar-refractivity contribution in [2.75, 3.05) is 0 Å². The first-order chi connectivity index (χ1) is 32.6. The van der Waals surface area contributed by atoms with E-state index < -0.39 is 0 Å². The maximum absolute atomic E-state index is 11.0. The summed E-state index contributed by atoms with van der Waals surface area (Å²) in [6.45, 7) is 0. The Bertz CT molecular complexity index is 3960. The van der Waals surface area contributed by atoms with Crippen molar-refractivity contribution >= 4 is 43.6 Å². The molecule has 4 aromatic heterocycles. The molecule has 0 aliphatic rings. The van der Waals surface area contributed by atoms with E-state index in [1.54, 1.807) is 6.07 Å². The number of para-hydroxylation sites is 2. The Kier molecular flexibility index (Phi) is 9.16. The van der Waals surface area contributed by atoms with Gasteiger partial charge < -0.3 is 9.13 Å². The van der Waals surface area contributed by atoms with E-state index >= 15 is 0 Å². The number of rotatable bonds is 7. The van der Waals surface area contributed by atoms with Gasteiger partial charge in [-0.25, -0.2) is 9.97 Å². The zero-order chi connectivity index (χ0) is 44.1. The van der Waals surface area contributed by atoms with Crippen molar-refractivity contribution < 1.29 is 0 Å². The Morgan fingerprint density at radius 1 is 0.318 bits per heavy atom. The van der Waals surface area contributed by atoms with Crippen molar-refractivity contribution in [3.63, 3.8) is 0 Å². The van der Waals surface area contributed by atoms with E-state index in [1.165, 1.54) is 0 Å². The van der Waals surface area contributed by atoms with Gasteiger partial charge in [-0.15, -0.1) is 0 Å². The number of hydrogen-bond donors (Lipinski definition) is 0. The summed E-state index contributed by atoms with van der Waals surface area (Å²) in [5.41, 5.74) is 16.1. The van der Waals surface area contributed by atoms with E-state index in [9.17, 15) is 10.5 Å². The SMILES string of the molecule is N#Cc1cccc(-c2cc(-n3c4ccccc4c4cc(-c5cccc(-c6ccccc6)n5)ccc43)c(-n3c4ccccc4c4cc(-c5cccc(-c6ccccc6)n5)ccc43)cc2C#N)c1. The van der Waals surface area contributed by atoms with Gasteiger partial charge in [-0.1, -0.05) is 133 Å². The maximum atomic E-state index is 11.0. The van der Waals surface area contributed by atoms with Crippen LogP contribution in [0.2, 0.25) is 0 Å². The first-order valence-electron chi connectivity index (χ1n) is 21.8. The third kappa shape index (κ3) is 6.41. The molecule has 0 spiro atoms. The van der Waals surface area contributed by atoms with Crippen LogP contribution in [0.25, 0.3) is 111 Å². The van der Waals surface area contributed by atoms with Gasteiger partial charge in [0, 0.05) is 49.4 Å². The van der Waals surface area contributed by atoms with Crippen LogP contribution in [0.1, 0.15) is 11.1 Å². The van der Waals surface area contributed by atoms with Crippen molar-refractivity contribution in [3.05, 3.63) is 230 Å². The van der Waals surface area contributed by atoms with E-state index in [1.807, 2.05) is 66.7 Å². The predicted molar refractivity (Wildman–Crippen MR) is 267 cm³/mol. The summed E-state index contributed by atoms with van der Waals surface area (Å²) in [5, 5.41) is 25.3. The normalized spacial score (nSPS) is 11.3. The van der Waals surface area contributed by atoms with E-state index in [0.717, 1.165) is 111 Å². The molecule has 0 radical (unpaired) electrons. The van der Waals surface area contributed by atoms with Crippen LogP contribution >= 0.6 is 0 Å². The van der Waals surface area contributed by atoms with Crippen molar-refractivity contribution in [2.24, 2.45) is 0 Å². The third-order valence-corrected chi connectivity index (χ3v) is 12.6. The van der Waals surface area contributed by atoms with Gasteiger partial charge in [0.15, 0.2) is 0 Å². The van der Waals surface area contributed by atoms with Crippen LogP contribution in [-0.4, -0.2) is 19.1 Å². The Morgan fingerprint density at radius 2 is 0.758 bits per heavy atom. The second-order valence-electron chi connectivity index (χ2n) is 16.4. The second-order valence-corrected chi connectivity index (χ2v) is 16.4. The van der Waals surface area contributed by atoms with Gasteiger partial charge in [0.05, 0.1) is 79.5 Å². The molecule has 0 saturated carbocycles. The lowest BCUT2D eigenvalue weighted by atomic mass is 9.97. The number of nitriles is 2. The van der Waals surface area contributed by atoms with E-state index in [4.69, 9.17) is 9.97 Å². The fraction of sp³-hybridized carbons (Fsp3) is 0. The highest BCUT2D eigenvalue weighted by molar-refractivity contribution is 6.13. The summed E-state index contributed by atoms with van der Waals surface area (Å²) in [5.74, 6) is 0. The quantitative estimate of drug-likeness (QED) is 0.160. The Morgan fingerprint density at radius 3 is 1.27 bits per heavy atom. The molecule has 6 heteroatoms. The molecule has 4 heterocycles. The minimum atomic E-state index is 0.501. The van der Waals surface area contributed by atoms with Crippen LogP contribution in [0.15, 0.2) is 218 Å². The molecule has 0 atom stereocenters. The van der Waals surface area contributed by atoms with Gasteiger partial charge in [0.25, 0.3) is 0 Å². The summed E-state index contributed by atoms with van der Waals surface area (Å²) in [6, 6.07) is 79.5. The number of pyridine rings is 2. The highest BCUT2D eigenvalue weighted by Gasteiger charge is 2.23. The van der Waals surface area contributed by atoms with Gasteiger partial charge >= 0.3 is 0 Å². The smallest absolute Gasteiger partial charge is 0.0998 e. The molecule has 306 valence electrons. The summed E-state index contributed by atoms with van der Waals surface area (Å²) in [7, 11) is 0. The van der Waals surface area contributed by atoms with Crippen LogP contribution in [0.5, 0.6) is 0 Å². The van der Waals surface area contributed by atoms with E-state index in [0.29, 0.717) is 11.1 Å². The Balaban J connectivity index is 1.11. The molecule has 0 aliphatic carbocycles. The average molecular weight is 841 g/mol. The molecular formula is C60H36N6. The van der Waals surface area contributed by atoms with Gasteiger partial charge in [-0.05, 0) is 90.5 Å². The van der Waals surface area contributed by atoms with Crippen molar-refractivity contribution in [3.8, 4) is 79.7 Å². The topological polar surface area (TPSA) is 83.2 Å². The molecule has 0 bridgehead atoms. The molecule has 0 unspecified atom stereocenters. The fourth-order valence-corrected chi connectivity index (χ4v) is 9.54. The van der Waals surface area contributed by atoms with Crippen LogP contribution in [-0.2, 0) is 0 Å². The van der Waals surface area contributed by atoms with E-state index in [2.05, 4.69) is 167 Å². The van der Waals surface area contributed by atoms with Crippen LogP contribution in [0, 0.1) is 22.7 Å². The Hall–Kier alpha value is -9.36. The van der Waals surface area contributed by atoms with Gasteiger partial charge in [-0.2, -0.15) is 10.5 Å². The average Bonchev–Trinajstić information content (AvgIpc) is 3.91. The molecular weight excluding hydrogens is 805 g/mol. The fourth-order valence-electron chi connectivity index (χ4n) is 9.54. The van der Waals surface area contributed by atoms with Crippen molar-refractivity contribution in [1.29, 1.82) is 10.5 Å². The van der Waals surface area contributed by atoms with Crippen LogP contribution < -0.4 is 0 Å². The van der Waals surface area contributed by atoms with Crippen molar-refractivity contribution in [1.82, 2.24) is 19.1 Å². The van der Waals surface area contributed by atoms with Crippen LogP contribution in [0.3, 0.4) is 0 Å². The molecule has 0 fully saturated rings. The lowest BCUT2D eigenvalue weighted by Gasteiger charge is -2.19. The Labute approximate surface area is 380 Å². The molecule has 0 N–H and O–H groups in total. The second kappa shape index (κ2) is 15.8. The standard InChI is InChI=1S/C60H36N6/c61-37-39-14-11-19-42(32-39)48-36-60(66-56-27-10-8-21-47(56)50-34-44(29-31-58(50)66)54-25-13-23-52(64-54)41-17-5-2-6-18-41)59(35-45(48)38-62)65-55-26-9-7-20-46(55)49-33-43(28-30-57(49)65)53-24-12-22-51(63-53)40-15-3-1-4-16-40/h1-36H. The monoisotopic (exact) mass is 840 g/mol. The highest BCUT2D eigenvalue weighted by Crippen LogP contribution is 2.42. The first-order valence-corrected chi connectivity index (χ1v) is 21.8. The zero-order valence-corrected chi connectivity index (χ0v) is 35.5. The number of benzene rings is 8. The summed E-state index contributed by atoms with van der Waals surface area (Å²) in [4.78, 5) is 10.2. The highest BCUT2D eigenvalue weighted by atomic mass is 15.1. The van der Waals surface area contributed by atoms with Crippen molar-refractivity contribution in [2.45, 2.75) is 0 Å². The third-order valence-electron chi connectivity index (χ3n) is 12.6. The minimum absolute atomic E-state index is 0.501. The predicted octanol–water partition coefficient (Wildman–Crippen LogP) is 14.7. The summed E-state index contributed by atoms with van der Waals surface area (Å²) >= 11 is 0. The molecule has 0 saturated heterocycles. The molecule has 0 amide bonds. The molecule has 0 aliphatic heterocycles. The van der Waals surface area contributed by atoms with E-state index in [-0.39, 0.29) is 0 Å². The first kappa shape index (κ1) is 38.3. The molecule has 6 nitrogen and oxygen atoms in total. The number of nitrogens with zero attached hydrogens (tertiary/aromatic N) is 6. The van der Waals surface area contributed by atoms with Gasteiger partial charge in [0.1, 0.15) is 0 Å². The molecule has 8 aromatic carbocycles. The lowest BCUT2D eigenvalue weighted by Crippen LogP contribution is -2.05. The molecule has 66 heavy (non-hydrogen) atoms. The molecule has 12 aromatic rings. The molecule has 12 rings (SSSR count). The van der Waals surface area contributed by atoms with Crippen LogP contribution in [0.4, 0.5) is 0 Å². The largest absolute Gasteiger partial charge is 0.307 e. The lowest BCUT2D eigenvalue weighted by molar-refractivity contribution is 1.09. The maximum Gasteiger partial charge on any atom is 0.0998 e. The number of fused-ring (bicyclic) bond motifs is 6. The van der Waals surface area contributed by atoms with Gasteiger partial charge in [-0.3, -0.25) is 0 Å². The number of hydrogen-bond acceptors (Lipinski definition) is 4. The summed E-state index contributed by atoms with van der Waals surface area (Å²) in [6.07, 6.45) is 0. The number of aromatic nitrogens is 4. The zero-order valence-electron chi connectivity index (χ0n) is 35.5.